The van der Waals surface area contributed by atoms with Crippen molar-refractivity contribution in [3.8, 4) is 0 Å². The minimum absolute atomic E-state index is 0. The molecule has 0 radical (unpaired) electrons. The van der Waals surface area contributed by atoms with Crippen molar-refractivity contribution in [2.45, 2.75) is 4.90 Å². The van der Waals surface area contributed by atoms with E-state index >= 15 is 0 Å². The first kappa shape index (κ1) is 12.3. The topological polar surface area (TPSA) is 37.3 Å². The third-order valence-electron chi connectivity index (χ3n) is 1.02. The van der Waals surface area contributed by atoms with Gasteiger partial charge in [-0.2, -0.15) is 0 Å². The number of benzene rings is 1. The van der Waals surface area contributed by atoms with Crippen LogP contribution in [-0.2, 0) is 11.1 Å². The summed E-state index contributed by atoms with van der Waals surface area (Å²) in [5, 5.41) is 0.564. The summed E-state index contributed by atoms with van der Waals surface area (Å²) in [4.78, 5) is 0.365. The van der Waals surface area contributed by atoms with E-state index < -0.39 is 11.1 Å². The molecule has 0 aliphatic carbocycles. The number of hydrogen-bond acceptors (Lipinski definition) is 1. The molecule has 1 rings (SSSR count). The molecule has 0 saturated carbocycles. The molecule has 1 aromatic carbocycles. The van der Waals surface area contributed by atoms with E-state index in [0.29, 0.717) is 9.92 Å². The standard InChI is InChI=1S/C6H5ClO2S.K.H/c7-5-1-3-6(4-2-5)10(8)9;;/h1-4H,(H,8,9);;. The molecule has 1 atom stereocenters. The molecule has 0 amide bonds. The van der Waals surface area contributed by atoms with Crippen LogP contribution in [0.2, 0.25) is 5.02 Å². The monoisotopic (exact) mass is 216 g/mol. The third kappa shape index (κ3) is 4.14. The molecule has 1 unspecified atom stereocenters. The fourth-order valence-electron chi connectivity index (χ4n) is 0.551. The van der Waals surface area contributed by atoms with E-state index in [-0.39, 0.29) is 51.4 Å². The zero-order valence-corrected chi connectivity index (χ0v) is 6.52. The first-order valence-electron chi connectivity index (χ1n) is 2.56. The van der Waals surface area contributed by atoms with E-state index in [1.54, 1.807) is 12.1 Å². The number of hydrogen-bond donors (Lipinski definition) is 1. The van der Waals surface area contributed by atoms with E-state index in [1.807, 2.05) is 0 Å². The fourth-order valence-corrected chi connectivity index (χ4v) is 1.05. The Morgan fingerprint density at radius 1 is 1.27 bits per heavy atom. The molecule has 0 aromatic heterocycles. The van der Waals surface area contributed by atoms with Gasteiger partial charge in [-0.25, -0.2) is 4.21 Å². The van der Waals surface area contributed by atoms with Gasteiger partial charge in [0.2, 0.25) is 0 Å². The van der Waals surface area contributed by atoms with Gasteiger partial charge in [-0.3, -0.25) is 0 Å². The van der Waals surface area contributed by atoms with Gasteiger partial charge in [-0.1, -0.05) is 11.6 Å². The van der Waals surface area contributed by atoms with Crippen LogP contribution in [0.3, 0.4) is 0 Å². The van der Waals surface area contributed by atoms with Gasteiger partial charge in [0.25, 0.3) is 0 Å². The second-order valence-corrected chi connectivity index (χ2v) is 3.11. The Morgan fingerprint density at radius 3 is 2.09 bits per heavy atom. The van der Waals surface area contributed by atoms with Gasteiger partial charge in [0, 0.05) is 5.02 Å². The second kappa shape index (κ2) is 5.83. The van der Waals surface area contributed by atoms with Crippen LogP contribution in [0.5, 0.6) is 0 Å². The van der Waals surface area contributed by atoms with Crippen LogP contribution >= 0.6 is 11.6 Å². The summed E-state index contributed by atoms with van der Waals surface area (Å²) < 4.78 is 18.9. The molecule has 0 aliphatic rings. The van der Waals surface area contributed by atoms with E-state index in [2.05, 4.69) is 0 Å². The zero-order chi connectivity index (χ0) is 7.56. The summed E-state index contributed by atoms with van der Waals surface area (Å²) in [7, 11) is 0. The molecular formula is C6H6ClKO2S. The van der Waals surface area contributed by atoms with Gasteiger partial charge in [-0.05, 0) is 24.3 Å². The normalized spacial score (nSPS) is 11.8. The Bertz CT molecular complexity index is 249. The predicted molar refractivity (Wildman–Crippen MR) is 47.6 cm³/mol. The molecule has 0 saturated heterocycles. The summed E-state index contributed by atoms with van der Waals surface area (Å²) in [5.74, 6) is 0. The van der Waals surface area contributed by atoms with Crippen LogP contribution in [-0.4, -0.2) is 60.1 Å². The van der Waals surface area contributed by atoms with Gasteiger partial charge < -0.3 is 4.55 Å². The molecule has 0 spiro atoms. The van der Waals surface area contributed by atoms with Crippen LogP contribution in [0.1, 0.15) is 0 Å². The van der Waals surface area contributed by atoms with E-state index in [1.165, 1.54) is 12.1 Å². The van der Waals surface area contributed by atoms with Gasteiger partial charge in [0.05, 0.1) is 4.90 Å². The van der Waals surface area contributed by atoms with Crippen molar-refractivity contribution in [3.63, 3.8) is 0 Å². The van der Waals surface area contributed by atoms with Crippen molar-refractivity contribution in [3.05, 3.63) is 29.3 Å². The van der Waals surface area contributed by atoms with Crippen LogP contribution in [0.25, 0.3) is 0 Å². The quantitative estimate of drug-likeness (QED) is 0.567. The Labute approximate surface area is 115 Å². The molecule has 2 nitrogen and oxygen atoms in total. The van der Waals surface area contributed by atoms with Crippen LogP contribution in [0.4, 0.5) is 0 Å². The summed E-state index contributed by atoms with van der Waals surface area (Å²) in [6.45, 7) is 0. The summed E-state index contributed by atoms with van der Waals surface area (Å²) >= 11 is 3.64. The zero-order valence-electron chi connectivity index (χ0n) is 4.95. The first-order chi connectivity index (χ1) is 4.70. The SMILES string of the molecule is O=S(O)c1ccc(Cl)cc1.[KH]. The fraction of sp³-hybridized carbons (Fsp3) is 0. The molecule has 0 fully saturated rings. The summed E-state index contributed by atoms with van der Waals surface area (Å²) in [5.41, 5.74) is 0. The van der Waals surface area contributed by atoms with Crippen molar-refractivity contribution in [1.29, 1.82) is 0 Å². The Morgan fingerprint density at radius 2 is 1.73 bits per heavy atom. The Balaban J connectivity index is 0.000001000. The molecule has 0 bridgehead atoms. The molecular weight excluding hydrogens is 211 g/mol. The van der Waals surface area contributed by atoms with Gasteiger partial charge in [-0.15, -0.1) is 0 Å². The Hall–Kier alpha value is 1.26. The Kier molecular flexibility index (Phi) is 6.49. The van der Waals surface area contributed by atoms with Gasteiger partial charge in [0.1, 0.15) is 0 Å². The molecule has 1 N–H and O–H groups in total. The molecule has 56 valence electrons. The van der Waals surface area contributed by atoms with Crippen molar-refractivity contribution >= 4 is 74.1 Å². The van der Waals surface area contributed by atoms with Crippen molar-refractivity contribution in [2.24, 2.45) is 0 Å². The molecule has 11 heavy (non-hydrogen) atoms. The molecule has 0 heterocycles. The maximum atomic E-state index is 10.4. The average Bonchev–Trinajstić information content (AvgIpc) is 1.88. The summed E-state index contributed by atoms with van der Waals surface area (Å²) in [6, 6.07) is 6.17. The molecule has 1 aromatic rings. The summed E-state index contributed by atoms with van der Waals surface area (Å²) in [6.07, 6.45) is 0. The average molecular weight is 217 g/mol. The molecule has 0 aliphatic heterocycles. The van der Waals surface area contributed by atoms with Crippen LogP contribution in [0, 0.1) is 0 Å². The minimum atomic E-state index is -1.90. The van der Waals surface area contributed by atoms with Gasteiger partial charge >= 0.3 is 51.4 Å². The first-order valence-corrected chi connectivity index (χ1v) is 4.05. The van der Waals surface area contributed by atoms with Crippen molar-refractivity contribution in [1.82, 2.24) is 0 Å². The van der Waals surface area contributed by atoms with Gasteiger partial charge in [0.15, 0.2) is 11.1 Å². The maximum absolute atomic E-state index is 10.4. The number of rotatable bonds is 1. The predicted octanol–water partition coefficient (Wildman–Crippen LogP) is 1.27. The molecule has 5 heteroatoms. The number of halogens is 1. The van der Waals surface area contributed by atoms with Crippen LogP contribution < -0.4 is 0 Å². The van der Waals surface area contributed by atoms with E-state index in [9.17, 15) is 4.21 Å². The van der Waals surface area contributed by atoms with E-state index in [4.69, 9.17) is 16.2 Å². The van der Waals surface area contributed by atoms with E-state index in [0.717, 1.165) is 0 Å². The van der Waals surface area contributed by atoms with Crippen LogP contribution in [0.15, 0.2) is 29.2 Å². The third-order valence-corrected chi connectivity index (χ3v) is 1.94. The van der Waals surface area contributed by atoms with Crippen molar-refractivity contribution in [2.75, 3.05) is 0 Å². The van der Waals surface area contributed by atoms with Crippen molar-refractivity contribution < 1.29 is 8.76 Å². The second-order valence-electron chi connectivity index (χ2n) is 1.70.